The Hall–Kier alpha value is -0.120. The summed E-state index contributed by atoms with van der Waals surface area (Å²) >= 11 is 0. The van der Waals surface area contributed by atoms with E-state index in [4.69, 9.17) is 4.74 Å². The predicted octanol–water partition coefficient (Wildman–Crippen LogP) is 1.15. The van der Waals surface area contributed by atoms with Gasteiger partial charge in [-0.15, -0.1) is 6.54 Å². The van der Waals surface area contributed by atoms with Gasteiger partial charge in [0.15, 0.2) is 0 Å². The van der Waals surface area contributed by atoms with Crippen LogP contribution < -0.4 is 5.32 Å². The Morgan fingerprint density at radius 2 is 2.33 bits per heavy atom. The minimum atomic E-state index is 0.661. The highest BCUT2D eigenvalue weighted by Gasteiger charge is 2.09. The van der Waals surface area contributed by atoms with Gasteiger partial charge >= 0.3 is 0 Å². The lowest BCUT2D eigenvalue weighted by Gasteiger charge is -2.18. The Morgan fingerprint density at radius 3 is 3.17 bits per heavy atom. The zero-order valence-electron chi connectivity index (χ0n) is 7.88. The van der Waals surface area contributed by atoms with Crippen LogP contribution in [0.2, 0.25) is 0 Å². The molecule has 3 heteroatoms. The molecule has 0 amide bonds. The van der Waals surface area contributed by atoms with E-state index in [1.165, 1.54) is 12.8 Å². The van der Waals surface area contributed by atoms with E-state index < -0.39 is 0 Å². The second kappa shape index (κ2) is 6.40. The fourth-order valence-corrected chi connectivity index (χ4v) is 1.49. The van der Waals surface area contributed by atoms with Gasteiger partial charge in [-0.3, -0.25) is 0 Å². The lowest BCUT2D eigenvalue weighted by Crippen LogP contribution is -2.31. The van der Waals surface area contributed by atoms with Crippen molar-refractivity contribution in [2.45, 2.75) is 25.3 Å². The molecule has 0 bridgehead atoms. The summed E-state index contributed by atoms with van der Waals surface area (Å²) in [6, 6.07) is 0.661. The van der Waals surface area contributed by atoms with Crippen molar-refractivity contribution in [2.75, 3.05) is 33.4 Å². The van der Waals surface area contributed by atoms with E-state index >= 15 is 0 Å². The van der Waals surface area contributed by atoms with Gasteiger partial charge in [0.25, 0.3) is 0 Å². The molecule has 72 valence electrons. The number of rotatable bonds is 4. The van der Waals surface area contributed by atoms with Crippen molar-refractivity contribution in [2.24, 2.45) is 0 Å². The number of hydrogen-bond donors (Lipinski definition) is 1. The molecule has 1 rings (SSSR count). The average Bonchev–Trinajstić information content (AvgIpc) is 2.33. The van der Waals surface area contributed by atoms with Crippen molar-refractivity contribution >= 4 is 0 Å². The third-order valence-corrected chi connectivity index (χ3v) is 2.22. The second-order valence-corrected chi connectivity index (χ2v) is 3.23. The first-order valence-electron chi connectivity index (χ1n) is 4.80. The Labute approximate surface area is 74.9 Å². The van der Waals surface area contributed by atoms with Gasteiger partial charge in [0.2, 0.25) is 0 Å². The quantitative estimate of drug-likeness (QED) is 0.644. The van der Waals surface area contributed by atoms with Crippen LogP contribution in [0.15, 0.2) is 0 Å². The van der Waals surface area contributed by atoms with E-state index in [2.05, 4.69) is 10.6 Å². The molecule has 12 heavy (non-hydrogen) atoms. The van der Waals surface area contributed by atoms with Gasteiger partial charge < -0.3 is 15.4 Å². The van der Waals surface area contributed by atoms with Crippen LogP contribution in [-0.2, 0) is 4.74 Å². The molecular formula is C9H19N2O-. The number of likely N-dealkylation sites (N-methyl/N-ethyl adjacent to an activating group) is 1. The maximum Gasteiger partial charge on any atom is 0.0480 e. The molecule has 0 saturated carbocycles. The summed E-state index contributed by atoms with van der Waals surface area (Å²) in [4.78, 5) is 0. The number of nitrogens with zero attached hydrogens (tertiary/aromatic N) is 1. The minimum absolute atomic E-state index is 0.661. The molecule has 1 heterocycles. The normalized spacial score (nSPS) is 25.2. The molecule has 1 saturated heterocycles. The predicted molar refractivity (Wildman–Crippen MR) is 50.6 cm³/mol. The standard InChI is InChI=1S/C9H19N2O/c1-10-5-6-11-9-3-2-7-12-8-4-9/h9,11H,2-8H2,1H3/q-1. The topological polar surface area (TPSA) is 35.4 Å². The highest BCUT2D eigenvalue weighted by molar-refractivity contribution is 4.75. The van der Waals surface area contributed by atoms with E-state index in [-0.39, 0.29) is 0 Å². The van der Waals surface area contributed by atoms with Gasteiger partial charge in [-0.05, 0) is 25.8 Å². The Morgan fingerprint density at radius 1 is 1.42 bits per heavy atom. The van der Waals surface area contributed by atoms with Crippen molar-refractivity contribution in [1.82, 2.24) is 5.32 Å². The van der Waals surface area contributed by atoms with Crippen molar-refractivity contribution in [3.63, 3.8) is 0 Å². The lowest BCUT2D eigenvalue weighted by molar-refractivity contribution is 0.142. The third kappa shape index (κ3) is 4.04. The fraction of sp³-hybridized carbons (Fsp3) is 1.00. The molecule has 0 aromatic carbocycles. The van der Waals surface area contributed by atoms with E-state index in [9.17, 15) is 0 Å². The van der Waals surface area contributed by atoms with Crippen LogP contribution in [0.1, 0.15) is 19.3 Å². The van der Waals surface area contributed by atoms with Gasteiger partial charge in [0.1, 0.15) is 0 Å². The molecule has 0 aromatic heterocycles. The maximum absolute atomic E-state index is 5.37. The largest absolute Gasteiger partial charge is 0.664 e. The average molecular weight is 171 g/mol. The van der Waals surface area contributed by atoms with E-state index in [0.29, 0.717) is 6.04 Å². The summed E-state index contributed by atoms with van der Waals surface area (Å²) in [6.45, 7) is 3.80. The van der Waals surface area contributed by atoms with Crippen LogP contribution in [-0.4, -0.2) is 39.4 Å². The molecule has 3 nitrogen and oxygen atoms in total. The molecule has 1 aliphatic rings. The summed E-state index contributed by atoms with van der Waals surface area (Å²) in [5.74, 6) is 0. The summed E-state index contributed by atoms with van der Waals surface area (Å²) in [5, 5.41) is 7.54. The van der Waals surface area contributed by atoms with Crippen LogP contribution >= 0.6 is 0 Å². The van der Waals surface area contributed by atoms with Gasteiger partial charge in [0, 0.05) is 19.3 Å². The molecular weight excluding hydrogens is 152 g/mol. The zero-order chi connectivity index (χ0) is 8.65. The molecule has 0 radical (unpaired) electrons. The lowest BCUT2D eigenvalue weighted by atomic mass is 10.1. The van der Waals surface area contributed by atoms with Crippen molar-refractivity contribution in [3.05, 3.63) is 5.32 Å². The van der Waals surface area contributed by atoms with Gasteiger partial charge in [0.05, 0.1) is 0 Å². The van der Waals surface area contributed by atoms with Crippen molar-refractivity contribution in [1.29, 1.82) is 0 Å². The van der Waals surface area contributed by atoms with Crippen LogP contribution in [0.4, 0.5) is 0 Å². The minimum Gasteiger partial charge on any atom is -0.664 e. The molecule has 1 fully saturated rings. The number of ether oxygens (including phenoxy) is 1. The van der Waals surface area contributed by atoms with Crippen molar-refractivity contribution < 1.29 is 4.74 Å². The molecule has 1 aliphatic heterocycles. The Bertz CT molecular complexity index is 101. The van der Waals surface area contributed by atoms with Crippen molar-refractivity contribution in [3.8, 4) is 0 Å². The van der Waals surface area contributed by atoms with Gasteiger partial charge in [-0.1, -0.05) is 0 Å². The fourth-order valence-electron chi connectivity index (χ4n) is 1.49. The van der Waals surface area contributed by atoms with E-state index in [1.807, 2.05) is 7.05 Å². The Kier molecular flexibility index (Phi) is 5.32. The molecule has 0 aromatic rings. The SMILES string of the molecule is C[N-]CCNC1CCCOCC1. The van der Waals surface area contributed by atoms with Crippen LogP contribution in [0.3, 0.4) is 0 Å². The molecule has 1 atom stereocenters. The summed E-state index contributed by atoms with van der Waals surface area (Å²) in [6.07, 6.45) is 3.61. The van der Waals surface area contributed by atoms with E-state index in [0.717, 1.165) is 32.7 Å². The number of nitrogens with one attached hydrogen (secondary N) is 1. The maximum atomic E-state index is 5.37. The van der Waals surface area contributed by atoms with E-state index in [1.54, 1.807) is 0 Å². The first-order valence-corrected chi connectivity index (χ1v) is 4.80. The molecule has 1 unspecified atom stereocenters. The third-order valence-electron chi connectivity index (χ3n) is 2.22. The summed E-state index contributed by atoms with van der Waals surface area (Å²) in [7, 11) is 1.86. The molecule has 0 spiro atoms. The zero-order valence-corrected chi connectivity index (χ0v) is 7.88. The van der Waals surface area contributed by atoms with Gasteiger partial charge in [-0.2, -0.15) is 7.05 Å². The van der Waals surface area contributed by atoms with Crippen LogP contribution in [0.5, 0.6) is 0 Å². The summed E-state index contributed by atoms with van der Waals surface area (Å²) in [5.41, 5.74) is 0. The van der Waals surface area contributed by atoms with Crippen LogP contribution in [0, 0.1) is 0 Å². The first-order chi connectivity index (χ1) is 5.93. The smallest absolute Gasteiger partial charge is 0.0480 e. The summed E-state index contributed by atoms with van der Waals surface area (Å²) < 4.78 is 5.37. The van der Waals surface area contributed by atoms with Crippen LogP contribution in [0.25, 0.3) is 5.32 Å². The first kappa shape index (κ1) is 9.96. The molecule has 1 N–H and O–H groups in total. The Balaban J connectivity index is 2.04. The second-order valence-electron chi connectivity index (χ2n) is 3.23. The van der Waals surface area contributed by atoms with Gasteiger partial charge in [-0.25, -0.2) is 0 Å². The molecule has 0 aliphatic carbocycles. The highest BCUT2D eigenvalue weighted by atomic mass is 16.5. The highest BCUT2D eigenvalue weighted by Crippen LogP contribution is 2.07. The monoisotopic (exact) mass is 171 g/mol. The number of hydrogen-bond acceptors (Lipinski definition) is 2.